The van der Waals surface area contributed by atoms with Gasteiger partial charge in [-0.25, -0.2) is 13.2 Å². The highest BCUT2D eigenvalue weighted by Gasteiger charge is 2.29. The standard InChI is InChI=1S/C20H22N2O6S/c1-14(19(23)21-16-7-9-18(27-2)10-8-16)28-20(24)15-5-3-6-17(13-15)22-11-4-12-29(22,25)26/h3,5-10,13-14H,4,11-12H2,1-2H3,(H,21,23). The third-order valence-corrected chi connectivity index (χ3v) is 6.35. The van der Waals surface area contributed by atoms with E-state index < -0.39 is 28.0 Å². The van der Waals surface area contributed by atoms with Crippen molar-refractivity contribution in [2.45, 2.75) is 19.4 Å². The van der Waals surface area contributed by atoms with Gasteiger partial charge in [-0.3, -0.25) is 9.10 Å². The smallest absolute Gasteiger partial charge is 0.338 e. The van der Waals surface area contributed by atoms with Crippen molar-refractivity contribution in [3.05, 3.63) is 54.1 Å². The summed E-state index contributed by atoms with van der Waals surface area (Å²) in [5.41, 5.74) is 1.13. The fraction of sp³-hybridized carbons (Fsp3) is 0.300. The summed E-state index contributed by atoms with van der Waals surface area (Å²) >= 11 is 0. The van der Waals surface area contributed by atoms with Crippen LogP contribution >= 0.6 is 0 Å². The molecule has 29 heavy (non-hydrogen) atoms. The third kappa shape index (κ3) is 4.86. The molecule has 1 heterocycles. The van der Waals surface area contributed by atoms with Crippen molar-refractivity contribution < 1.29 is 27.5 Å². The Morgan fingerprint density at radius 3 is 2.48 bits per heavy atom. The number of anilines is 2. The second-order valence-electron chi connectivity index (χ2n) is 6.56. The van der Waals surface area contributed by atoms with Gasteiger partial charge in [0.15, 0.2) is 6.10 Å². The number of benzene rings is 2. The molecule has 3 rings (SSSR count). The molecule has 1 aliphatic rings. The van der Waals surface area contributed by atoms with E-state index in [1.54, 1.807) is 43.5 Å². The molecule has 0 aromatic heterocycles. The van der Waals surface area contributed by atoms with Crippen LogP contribution < -0.4 is 14.4 Å². The van der Waals surface area contributed by atoms with Crippen LogP contribution in [0, 0.1) is 0 Å². The van der Waals surface area contributed by atoms with E-state index in [0.717, 1.165) is 0 Å². The van der Waals surface area contributed by atoms with E-state index in [9.17, 15) is 18.0 Å². The number of esters is 1. The van der Waals surface area contributed by atoms with Gasteiger partial charge in [-0.05, 0) is 55.8 Å². The summed E-state index contributed by atoms with van der Waals surface area (Å²) in [5.74, 6) is -0.450. The number of carbonyl (C=O) groups excluding carboxylic acids is 2. The van der Waals surface area contributed by atoms with Gasteiger partial charge in [-0.15, -0.1) is 0 Å². The normalized spacial score (nSPS) is 16.1. The number of amides is 1. The SMILES string of the molecule is COc1ccc(NC(=O)C(C)OC(=O)c2cccc(N3CCCS3(=O)=O)c2)cc1. The zero-order chi connectivity index (χ0) is 21.0. The van der Waals surface area contributed by atoms with Gasteiger partial charge < -0.3 is 14.8 Å². The highest BCUT2D eigenvalue weighted by Crippen LogP contribution is 2.25. The van der Waals surface area contributed by atoms with Crippen LogP contribution in [-0.4, -0.2) is 45.8 Å². The van der Waals surface area contributed by atoms with Crippen LogP contribution in [-0.2, 0) is 19.6 Å². The van der Waals surface area contributed by atoms with Crippen molar-refractivity contribution in [1.82, 2.24) is 0 Å². The van der Waals surface area contributed by atoms with Crippen molar-refractivity contribution >= 4 is 33.3 Å². The number of rotatable bonds is 6. The van der Waals surface area contributed by atoms with Crippen molar-refractivity contribution in [3.63, 3.8) is 0 Å². The van der Waals surface area contributed by atoms with Gasteiger partial charge in [0.25, 0.3) is 5.91 Å². The lowest BCUT2D eigenvalue weighted by Gasteiger charge is -2.18. The maximum Gasteiger partial charge on any atom is 0.338 e. The highest BCUT2D eigenvalue weighted by molar-refractivity contribution is 7.93. The molecule has 1 fully saturated rings. The number of carbonyl (C=O) groups is 2. The summed E-state index contributed by atoms with van der Waals surface area (Å²) in [6.45, 7) is 1.84. The lowest BCUT2D eigenvalue weighted by molar-refractivity contribution is -0.123. The van der Waals surface area contributed by atoms with Crippen molar-refractivity contribution in [1.29, 1.82) is 0 Å². The lowest BCUT2D eigenvalue weighted by atomic mass is 10.2. The third-order valence-electron chi connectivity index (χ3n) is 4.48. The number of nitrogens with one attached hydrogen (secondary N) is 1. The topological polar surface area (TPSA) is 102 Å². The van der Waals surface area contributed by atoms with Crippen molar-refractivity contribution in [3.8, 4) is 5.75 Å². The van der Waals surface area contributed by atoms with E-state index in [-0.39, 0.29) is 11.3 Å². The molecule has 0 aliphatic carbocycles. The number of hydrogen-bond donors (Lipinski definition) is 1. The van der Waals surface area contributed by atoms with Gasteiger partial charge in [-0.1, -0.05) is 6.07 Å². The molecule has 8 nitrogen and oxygen atoms in total. The first-order chi connectivity index (χ1) is 13.8. The molecule has 2 aromatic carbocycles. The van der Waals surface area contributed by atoms with E-state index in [4.69, 9.17) is 9.47 Å². The maximum atomic E-state index is 12.4. The Labute approximate surface area is 169 Å². The first-order valence-corrected chi connectivity index (χ1v) is 10.7. The average Bonchev–Trinajstić information content (AvgIpc) is 3.07. The zero-order valence-corrected chi connectivity index (χ0v) is 16.9. The summed E-state index contributed by atoms with van der Waals surface area (Å²) < 4.78 is 35.7. The Morgan fingerprint density at radius 1 is 1.14 bits per heavy atom. The van der Waals surface area contributed by atoms with Crippen LogP contribution in [0.1, 0.15) is 23.7 Å². The molecule has 0 bridgehead atoms. The first kappa shape index (κ1) is 20.7. The van der Waals surface area contributed by atoms with Gasteiger partial charge in [0, 0.05) is 12.2 Å². The van der Waals surface area contributed by atoms with Crippen LogP contribution in [0.5, 0.6) is 5.75 Å². The molecule has 1 aliphatic heterocycles. The number of methoxy groups -OCH3 is 1. The highest BCUT2D eigenvalue weighted by atomic mass is 32.2. The van der Waals surface area contributed by atoms with Gasteiger partial charge in [0.2, 0.25) is 10.0 Å². The van der Waals surface area contributed by atoms with Crippen LogP contribution in [0.2, 0.25) is 0 Å². The Balaban J connectivity index is 1.64. The molecule has 0 spiro atoms. The van der Waals surface area contributed by atoms with Crippen LogP contribution in [0.3, 0.4) is 0 Å². The number of hydrogen-bond acceptors (Lipinski definition) is 6. The molecule has 1 N–H and O–H groups in total. The lowest BCUT2D eigenvalue weighted by Crippen LogP contribution is -2.30. The Hall–Kier alpha value is -3.07. The average molecular weight is 418 g/mol. The number of sulfonamides is 1. The Bertz CT molecular complexity index is 1000. The van der Waals surface area contributed by atoms with Gasteiger partial charge in [0.1, 0.15) is 5.75 Å². The monoisotopic (exact) mass is 418 g/mol. The Morgan fingerprint density at radius 2 is 1.86 bits per heavy atom. The molecule has 1 atom stereocenters. The van der Waals surface area contributed by atoms with Gasteiger partial charge in [-0.2, -0.15) is 0 Å². The molecule has 0 saturated carbocycles. The molecule has 0 radical (unpaired) electrons. The quantitative estimate of drug-likeness (QED) is 0.723. The minimum Gasteiger partial charge on any atom is -0.497 e. The van der Waals surface area contributed by atoms with E-state index in [1.807, 2.05) is 0 Å². The zero-order valence-electron chi connectivity index (χ0n) is 16.1. The molecule has 1 unspecified atom stereocenters. The van der Waals surface area contributed by atoms with Gasteiger partial charge >= 0.3 is 5.97 Å². The molecule has 1 saturated heterocycles. The summed E-state index contributed by atoms with van der Waals surface area (Å²) in [5, 5.41) is 2.66. The number of ether oxygens (including phenoxy) is 2. The van der Waals surface area contributed by atoms with Crippen LogP contribution in [0.15, 0.2) is 48.5 Å². The summed E-state index contributed by atoms with van der Waals surface area (Å²) in [6.07, 6.45) is -0.497. The second kappa shape index (κ2) is 8.52. The maximum absolute atomic E-state index is 12.4. The Kier molecular flexibility index (Phi) is 6.07. The molecular weight excluding hydrogens is 396 g/mol. The molecular formula is C20H22N2O6S. The van der Waals surface area contributed by atoms with E-state index in [1.165, 1.54) is 23.4 Å². The fourth-order valence-corrected chi connectivity index (χ4v) is 4.47. The van der Waals surface area contributed by atoms with Crippen LogP contribution in [0.25, 0.3) is 0 Å². The minimum atomic E-state index is -3.35. The summed E-state index contributed by atoms with van der Waals surface area (Å²) in [6, 6.07) is 12.9. The predicted octanol–water partition coefficient (Wildman–Crippen LogP) is 2.42. The molecule has 9 heteroatoms. The summed E-state index contributed by atoms with van der Waals surface area (Å²) in [4.78, 5) is 24.7. The summed E-state index contributed by atoms with van der Waals surface area (Å²) in [7, 11) is -1.81. The molecule has 2 aromatic rings. The number of nitrogens with zero attached hydrogens (tertiary/aromatic N) is 1. The van der Waals surface area contributed by atoms with Crippen LogP contribution in [0.4, 0.5) is 11.4 Å². The van der Waals surface area contributed by atoms with Crippen molar-refractivity contribution in [2.24, 2.45) is 0 Å². The van der Waals surface area contributed by atoms with Gasteiger partial charge in [0.05, 0.1) is 24.1 Å². The van der Waals surface area contributed by atoms with E-state index >= 15 is 0 Å². The minimum absolute atomic E-state index is 0.0875. The second-order valence-corrected chi connectivity index (χ2v) is 8.57. The van der Waals surface area contributed by atoms with Crippen molar-refractivity contribution in [2.75, 3.05) is 29.0 Å². The molecule has 1 amide bonds. The predicted molar refractivity (Wildman–Crippen MR) is 109 cm³/mol. The first-order valence-electron chi connectivity index (χ1n) is 9.06. The van der Waals surface area contributed by atoms with E-state index in [2.05, 4.69) is 5.32 Å². The fourth-order valence-electron chi connectivity index (χ4n) is 2.92. The largest absolute Gasteiger partial charge is 0.497 e. The van der Waals surface area contributed by atoms with E-state index in [0.29, 0.717) is 30.1 Å². The molecule has 154 valence electrons.